The Kier molecular flexibility index (Phi) is 2.57. The number of aromatic amines is 1. The zero-order chi connectivity index (χ0) is 17.3. The van der Waals surface area contributed by atoms with Gasteiger partial charge >= 0.3 is 0 Å². The molecule has 6 rings (SSSR count). The van der Waals surface area contributed by atoms with E-state index >= 15 is 0 Å². The Morgan fingerprint density at radius 2 is 1.69 bits per heavy atom. The number of aromatic nitrogens is 3. The molecule has 0 saturated heterocycles. The van der Waals surface area contributed by atoms with Crippen molar-refractivity contribution in [3.8, 4) is 0 Å². The highest BCUT2D eigenvalue weighted by molar-refractivity contribution is 6.13. The van der Waals surface area contributed by atoms with Crippen LogP contribution in [0.5, 0.6) is 0 Å². The number of nitrogens with one attached hydrogen (secondary N) is 1. The van der Waals surface area contributed by atoms with Crippen LogP contribution in [-0.4, -0.2) is 14.4 Å². The Morgan fingerprint density at radius 3 is 2.62 bits per heavy atom. The number of para-hydroxylation sites is 2. The first-order valence-electron chi connectivity index (χ1n) is 8.87. The summed E-state index contributed by atoms with van der Waals surface area (Å²) in [5, 5.41) is 4.90. The summed E-state index contributed by atoms with van der Waals surface area (Å²) in [6.45, 7) is 0. The van der Waals surface area contributed by atoms with Gasteiger partial charge in [-0.2, -0.15) is 0 Å². The molecule has 0 amide bonds. The third-order valence-electron chi connectivity index (χ3n) is 5.35. The van der Waals surface area contributed by atoms with Gasteiger partial charge in [-0.3, -0.25) is 9.20 Å². The van der Waals surface area contributed by atoms with Crippen LogP contribution in [0, 0.1) is 0 Å². The van der Waals surface area contributed by atoms with E-state index in [1.807, 2.05) is 42.5 Å². The van der Waals surface area contributed by atoms with Crippen molar-refractivity contribution < 1.29 is 0 Å². The minimum atomic E-state index is -0.0465. The van der Waals surface area contributed by atoms with E-state index in [1.165, 1.54) is 0 Å². The molecule has 0 atom stereocenters. The Balaban J connectivity index is 2.10. The van der Waals surface area contributed by atoms with Gasteiger partial charge in [0.25, 0.3) is 5.56 Å². The molecular formula is C22H15N3O. The lowest BCUT2D eigenvalue weighted by Crippen LogP contribution is -2.35. The van der Waals surface area contributed by atoms with Crippen molar-refractivity contribution in [1.82, 2.24) is 14.4 Å². The van der Waals surface area contributed by atoms with E-state index < -0.39 is 0 Å². The summed E-state index contributed by atoms with van der Waals surface area (Å²) in [5.41, 5.74) is 3.81. The highest BCUT2D eigenvalue weighted by Gasteiger charge is 2.16. The number of nitrogens with zero attached hydrogens (tertiary/aromatic N) is 2. The number of hydrogen-bond acceptors (Lipinski definition) is 2. The topological polar surface area (TPSA) is 50.2 Å². The molecule has 4 nitrogen and oxygen atoms in total. The van der Waals surface area contributed by atoms with E-state index in [2.05, 4.69) is 27.6 Å². The fraction of sp³-hybridized carbons (Fsp3) is 0.0909. The molecule has 0 saturated carbocycles. The molecule has 4 heteroatoms. The number of hydrogen-bond donors (Lipinski definition) is 1. The molecule has 3 aromatic heterocycles. The largest absolute Gasteiger partial charge is 0.321 e. The highest BCUT2D eigenvalue weighted by atomic mass is 16.1. The quantitative estimate of drug-likeness (QED) is 0.442. The zero-order valence-electron chi connectivity index (χ0n) is 14.0. The number of H-pyrrole nitrogens is 1. The molecule has 1 N–H and O–H groups in total. The predicted octanol–water partition coefficient (Wildman–Crippen LogP) is 2.84. The molecule has 0 fully saturated rings. The van der Waals surface area contributed by atoms with Gasteiger partial charge in [0, 0.05) is 16.0 Å². The van der Waals surface area contributed by atoms with Crippen LogP contribution in [0.15, 0.2) is 53.3 Å². The Bertz CT molecular complexity index is 1550. The third kappa shape index (κ3) is 1.63. The van der Waals surface area contributed by atoms with Crippen molar-refractivity contribution in [2.45, 2.75) is 12.8 Å². The summed E-state index contributed by atoms with van der Waals surface area (Å²) >= 11 is 0. The van der Waals surface area contributed by atoms with Crippen LogP contribution in [-0.2, 0) is 0 Å². The normalized spacial score (nSPS) is 13.8. The molecule has 0 unspecified atom stereocenters. The molecule has 2 aromatic carbocycles. The van der Waals surface area contributed by atoms with Crippen molar-refractivity contribution in [1.29, 1.82) is 0 Å². The van der Waals surface area contributed by atoms with Crippen molar-refractivity contribution >= 4 is 50.5 Å². The molecule has 1 aliphatic carbocycles. The summed E-state index contributed by atoms with van der Waals surface area (Å²) in [4.78, 5) is 20.8. The molecule has 1 aliphatic rings. The Hall–Kier alpha value is -3.40. The molecule has 0 aliphatic heterocycles. The molecule has 0 spiro atoms. The van der Waals surface area contributed by atoms with Gasteiger partial charge < -0.3 is 4.98 Å². The SMILES string of the molecule is O=c1[nH]c2c3c(n4c5ccccc5nc4c2c2ccccc12)=CCCC=3. The Morgan fingerprint density at radius 1 is 0.923 bits per heavy atom. The maximum atomic E-state index is 12.7. The lowest BCUT2D eigenvalue weighted by atomic mass is 10.0. The molecule has 124 valence electrons. The monoisotopic (exact) mass is 337 g/mol. The van der Waals surface area contributed by atoms with Crippen LogP contribution in [0.4, 0.5) is 0 Å². The van der Waals surface area contributed by atoms with Crippen molar-refractivity contribution in [2.24, 2.45) is 0 Å². The van der Waals surface area contributed by atoms with Crippen LogP contribution in [0.2, 0.25) is 0 Å². The molecule has 5 aromatic rings. The van der Waals surface area contributed by atoms with Crippen molar-refractivity contribution in [3.63, 3.8) is 0 Å². The number of rotatable bonds is 0. The minimum Gasteiger partial charge on any atom is -0.321 e. The van der Waals surface area contributed by atoms with Crippen LogP contribution in [0.25, 0.3) is 50.5 Å². The molecule has 0 radical (unpaired) electrons. The lowest BCUT2D eigenvalue weighted by Gasteiger charge is -2.11. The van der Waals surface area contributed by atoms with Gasteiger partial charge in [0.15, 0.2) is 0 Å². The molecule has 0 bridgehead atoms. The third-order valence-corrected chi connectivity index (χ3v) is 5.35. The second kappa shape index (κ2) is 4.82. The standard InChI is InChI=1S/C22H15N3O/c26-22-14-8-2-1-7-13(14)19-20(24-22)15-9-3-5-11-17(15)25-18-12-6-4-10-16(18)23-21(19)25/h1-2,4,6-12H,3,5H2,(H,24,26). The first-order valence-corrected chi connectivity index (χ1v) is 8.87. The van der Waals surface area contributed by atoms with E-state index in [1.54, 1.807) is 0 Å². The number of imidazole rings is 1. The fourth-order valence-electron chi connectivity index (χ4n) is 4.25. The fourth-order valence-corrected chi connectivity index (χ4v) is 4.25. The second-order valence-corrected chi connectivity index (χ2v) is 6.79. The second-order valence-electron chi connectivity index (χ2n) is 6.79. The number of pyridine rings is 2. The van der Waals surface area contributed by atoms with Gasteiger partial charge in [-0.15, -0.1) is 0 Å². The van der Waals surface area contributed by atoms with Gasteiger partial charge in [-0.1, -0.05) is 42.5 Å². The maximum absolute atomic E-state index is 12.7. The summed E-state index contributed by atoms with van der Waals surface area (Å²) in [5.74, 6) is 0. The van der Waals surface area contributed by atoms with E-state index in [-0.39, 0.29) is 5.56 Å². The Labute approximate surface area is 147 Å². The maximum Gasteiger partial charge on any atom is 0.256 e. The summed E-state index contributed by atoms with van der Waals surface area (Å²) in [6.07, 6.45) is 6.47. The average molecular weight is 337 g/mol. The number of fused-ring (bicyclic) bond motifs is 10. The van der Waals surface area contributed by atoms with Crippen LogP contribution in [0.3, 0.4) is 0 Å². The van der Waals surface area contributed by atoms with E-state index in [9.17, 15) is 4.79 Å². The molecular weight excluding hydrogens is 322 g/mol. The van der Waals surface area contributed by atoms with Crippen LogP contribution in [0.1, 0.15) is 12.8 Å². The van der Waals surface area contributed by atoms with Crippen molar-refractivity contribution in [3.05, 3.63) is 69.5 Å². The van der Waals surface area contributed by atoms with Gasteiger partial charge in [0.05, 0.1) is 27.3 Å². The van der Waals surface area contributed by atoms with E-state index in [0.29, 0.717) is 5.39 Å². The smallest absolute Gasteiger partial charge is 0.256 e. The van der Waals surface area contributed by atoms with Gasteiger partial charge in [-0.05, 0) is 31.0 Å². The zero-order valence-corrected chi connectivity index (χ0v) is 14.0. The van der Waals surface area contributed by atoms with Crippen molar-refractivity contribution in [2.75, 3.05) is 0 Å². The summed E-state index contributed by atoms with van der Waals surface area (Å²) < 4.78 is 2.24. The van der Waals surface area contributed by atoms with Gasteiger partial charge in [-0.25, -0.2) is 4.98 Å². The predicted molar refractivity (Wildman–Crippen MR) is 106 cm³/mol. The number of benzene rings is 2. The first-order chi connectivity index (χ1) is 12.8. The van der Waals surface area contributed by atoms with Gasteiger partial charge in [0.1, 0.15) is 5.65 Å². The highest BCUT2D eigenvalue weighted by Crippen LogP contribution is 2.25. The molecule has 3 heterocycles. The van der Waals surface area contributed by atoms with Crippen LogP contribution >= 0.6 is 0 Å². The van der Waals surface area contributed by atoms with Crippen LogP contribution < -0.4 is 16.1 Å². The van der Waals surface area contributed by atoms with E-state index in [4.69, 9.17) is 4.98 Å². The first kappa shape index (κ1) is 13.8. The lowest BCUT2D eigenvalue weighted by molar-refractivity contribution is 1.06. The average Bonchev–Trinajstić information content (AvgIpc) is 3.08. The van der Waals surface area contributed by atoms with E-state index in [0.717, 1.165) is 56.4 Å². The summed E-state index contributed by atoms with van der Waals surface area (Å²) in [6, 6.07) is 16.0. The molecule has 26 heavy (non-hydrogen) atoms. The van der Waals surface area contributed by atoms with Gasteiger partial charge in [0.2, 0.25) is 0 Å². The summed E-state index contributed by atoms with van der Waals surface area (Å²) in [7, 11) is 0. The minimum absolute atomic E-state index is 0.0465.